The standard InChI is InChI=1S/C14H10FNO2S/c15-10-1-3-12-9(7-10)5-6-16(12)8-11-2-4-13(19-11)14(17)18/h1-7H,8H2,(H,17,18). The summed E-state index contributed by atoms with van der Waals surface area (Å²) in [5.74, 6) is -1.16. The highest BCUT2D eigenvalue weighted by atomic mass is 32.1. The average Bonchev–Trinajstić information content (AvgIpc) is 2.97. The highest BCUT2D eigenvalue weighted by Crippen LogP contribution is 2.22. The van der Waals surface area contributed by atoms with E-state index in [1.807, 2.05) is 22.9 Å². The van der Waals surface area contributed by atoms with Crippen LogP contribution in [-0.4, -0.2) is 15.6 Å². The van der Waals surface area contributed by atoms with Crippen molar-refractivity contribution < 1.29 is 14.3 Å². The zero-order chi connectivity index (χ0) is 13.4. The summed E-state index contributed by atoms with van der Waals surface area (Å²) >= 11 is 1.26. The van der Waals surface area contributed by atoms with Crippen molar-refractivity contribution in [1.82, 2.24) is 4.57 Å². The van der Waals surface area contributed by atoms with E-state index < -0.39 is 5.97 Å². The van der Waals surface area contributed by atoms with Crippen LogP contribution in [0.15, 0.2) is 42.6 Å². The van der Waals surface area contributed by atoms with Gasteiger partial charge in [-0.2, -0.15) is 0 Å². The van der Waals surface area contributed by atoms with E-state index in [1.165, 1.54) is 23.5 Å². The molecule has 3 aromatic rings. The minimum atomic E-state index is -0.907. The minimum absolute atomic E-state index is 0.255. The predicted octanol–water partition coefficient (Wildman–Crippen LogP) is 3.59. The molecule has 0 saturated heterocycles. The summed E-state index contributed by atoms with van der Waals surface area (Å²) in [6.07, 6.45) is 1.88. The molecular weight excluding hydrogens is 265 g/mol. The fraction of sp³-hybridized carbons (Fsp3) is 0.0714. The number of benzene rings is 1. The number of aromatic carboxylic acids is 1. The fourth-order valence-corrected chi connectivity index (χ4v) is 2.90. The Kier molecular flexibility index (Phi) is 2.83. The van der Waals surface area contributed by atoms with E-state index in [2.05, 4.69) is 0 Å². The van der Waals surface area contributed by atoms with Gasteiger partial charge >= 0.3 is 5.97 Å². The van der Waals surface area contributed by atoms with Crippen LogP contribution in [0.1, 0.15) is 14.5 Å². The summed E-state index contributed by atoms with van der Waals surface area (Å²) in [7, 11) is 0. The highest BCUT2D eigenvalue weighted by Gasteiger charge is 2.08. The maximum atomic E-state index is 13.1. The number of hydrogen-bond donors (Lipinski definition) is 1. The Bertz CT molecular complexity index is 760. The van der Waals surface area contributed by atoms with Gasteiger partial charge in [0.2, 0.25) is 0 Å². The topological polar surface area (TPSA) is 42.2 Å². The lowest BCUT2D eigenvalue weighted by Crippen LogP contribution is -1.95. The number of thiophene rings is 1. The van der Waals surface area contributed by atoms with Gasteiger partial charge in [-0.1, -0.05) is 0 Å². The maximum absolute atomic E-state index is 13.1. The van der Waals surface area contributed by atoms with Gasteiger partial charge in [0.15, 0.2) is 0 Å². The molecule has 2 heterocycles. The molecule has 2 aromatic heterocycles. The predicted molar refractivity (Wildman–Crippen MR) is 72.3 cm³/mol. The second-order valence-corrected chi connectivity index (χ2v) is 5.39. The van der Waals surface area contributed by atoms with Gasteiger partial charge in [-0.25, -0.2) is 9.18 Å². The molecule has 0 saturated carbocycles. The minimum Gasteiger partial charge on any atom is -0.477 e. The van der Waals surface area contributed by atoms with Crippen molar-refractivity contribution in [2.75, 3.05) is 0 Å². The first-order valence-electron chi connectivity index (χ1n) is 5.70. The second-order valence-electron chi connectivity index (χ2n) is 4.22. The molecule has 0 bridgehead atoms. The highest BCUT2D eigenvalue weighted by molar-refractivity contribution is 7.13. The third-order valence-electron chi connectivity index (χ3n) is 2.93. The summed E-state index contributed by atoms with van der Waals surface area (Å²) in [5.41, 5.74) is 0.937. The van der Waals surface area contributed by atoms with Crippen molar-refractivity contribution in [1.29, 1.82) is 0 Å². The number of fused-ring (bicyclic) bond motifs is 1. The largest absolute Gasteiger partial charge is 0.477 e. The number of carboxylic acid groups (broad SMARTS) is 1. The first-order valence-corrected chi connectivity index (χ1v) is 6.51. The molecule has 96 valence electrons. The number of nitrogens with zero attached hydrogens (tertiary/aromatic N) is 1. The Morgan fingerprint density at radius 1 is 1.26 bits per heavy atom. The molecule has 0 aliphatic heterocycles. The number of carboxylic acids is 1. The van der Waals surface area contributed by atoms with Crippen LogP contribution in [-0.2, 0) is 6.54 Å². The van der Waals surface area contributed by atoms with Crippen LogP contribution in [0.2, 0.25) is 0 Å². The third kappa shape index (κ3) is 2.24. The van der Waals surface area contributed by atoms with Crippen LogP contribution in [0.5, 0.6) is 0 Å². The van der Waals surface area contributed by atoms with Crippen molar-refractivity contribution in [2.45, 2.75) is 6.54 Å². The molecule has 0 spiro atoms. The zero-order valence-electron chi connectivity index (χ0n) is 9.84. The lowest BCUT2D eigenvalue weighted by atomic mass is 10.2. The molecule has 1 N–H and O–H groups in total. The molecule has 0 radical (unpaired) electrons. The van der Waals surface area contributed by atoms with Gasteiger partial charge in [-0.3, -0.25) is 0 Å². The van der Waals surface area contributed by atoms with Crippen LogP contribution in [0.3, 0.4) is 0 Å². The molecular formula is C14H10FNO2S. The van der Waals surface area contributed by atoms with Gasteiger partial charge in [0.25, 0.3) is 0 Å². The van der Waals surface area contributed by atoms with Gasteiger partial charge in [-0.15, -0.1) is 11.3 Å². The van der Waals surface area contributed by atoms with E-state index in [0.717, 1.165) is 15.8 Å². The molecule has 1 aromatic carbocycles. The normalized spacial score (nSPS) is 11.0. The van der Waals surface area contributed by atoms with Crippen molar-refractivity contribution in [3.63, 3.8) is 0 Å². The number of aromatic nitrogens is 1. The quantitative estimate of drug-likeness (QED) is 0.793. The Morgan fingerprint density at radius 2 is 2.11 bits per heavy atom. The van der Waals surface area contributed by atoms with Crippen molar-refractivity contribution in [3.8, 4) is 0 Å². The van der Waals surface area contributed by atoms with E-state index in [4.69, 9.17) is 5.11 Å². The van der Waals surface area contributed by atoms with E-state index >= 15 is 0 Å². The number of hydrogen-bond acceptors (Lipinski definition) is 2. The molecule has 0 unspecified atom stereocenters. The van der Waals surface area contributed by atoms with Crippen LogP contribution in [0.4, 0.5) is 4.39 Å². The number of carbonyl (C=O) groups is 1. The molecule has 0 aliphatic carbocycles. The van der Waals surface area contributed by atoms with E-state index in [9.17, 15) is 9.18 Å². The van der Waals surface area contributed by atoms with Crippen molar-refractivity contribution >= 4 is 28.2 Å². The molecule has 0 atom stereocenters. The molecule has 3 rings (SSSR count). The van der Waals surface area contributed by atoms with Gasteiger partial charge in [-0.05, 0) is 36.4 Å². The Hall–Kier alpha value is -2.14. The lowest BCUT2D eigenvalue weighted by molar-refractivity contribution is 0.0702. The summed E-state index contributed by atoms with van der Waals surface area (Å²) < 4.78 is 15.1. The summed E-state index contributed by atoms with van der Waals surface area (Å²) in [4.78, 5) is 12.1. The molecule has 0 aliphatic rings. The number of halogens is 1. The molecule has 0 amide bonds. The second kappa shape index (κ2) is 4.51. The van der Waals surface area contributed by atoms with Gasteiger partial charge in [0.05, 0.1) is 6.54 Å². The van der Waals surface area contributed by atoms with Crippen LogP contribution in [0.25, 0.3) is 10.9 Å². The lowest BCUT2D eigenvalue weighted by Gasteiger charge is -2.03. The Morgan fingerprint density at radius 3 is 2.84 bits per heavy atom. The molecule has 0 fully saturated rings. The maximum Gasteiger partial charge on any atom is 0.345 e. The fourth-order valence-electron chi connectivity index (χ4n) is 2.05. The summed E-state index contributed by atoms with van der Waals surface area (Å²) in [6.45, 7) is 0.590. The van der Waals surface area contributed by atoms with Gasteiger partial charge in [0, 0.05) is 22.0 Å². The third-order valence-corrected chi connectivity index (χ3v) is 3.99. The number of rotatable bonds is 3. The Labute approximate surface area is 112 Å². The van der Waals surface area contributed by atoms with Crippen LogP contribution in [0, 0.1) is 5.82 Å². The summed E-state index contributed by atoms with van der Waals surface area (Å²) in [6, 6.07) is 9.91. The van der Waals surface area contributed by atoms with Gasteiger partial charge in [0.1, 0.15) is 10.7 Å². The SMILES string of the molecule is O=C(O)c1ccc(Cn2ccc3cc(F)ccc32)s1. The monoisotopic (exact) mass is 275 g/mol. The molecule has 3 nitrogen and oxygen atoms in total. The van der Waals surface area contributed by atoms with Crippen molar-refractivity contribution in [2.24, 2.45) is 0 Å². The first-order chi connectivity index (χ1) is 9.13. The average molecular weight is 275 g/mol. The zero-order valence-corrected chi connectivity index (χ0v) is 10.7. The van der Waals surface area contributed by atoms with E-state index in [0.29, 0.717) is 11.4 Å². The smallest absolute Gasteiger partial charge is 0.345 e. The van der Waals surface area contributed by atoms with Crippen LogP contribution < -0.4 is 0 Å². The summed E-state index contributed by atoms with van der Waals surface area (Å²) in [5, 5.41) is 9.73. The Balaban J connectivity index is 1.94. The van der Waals surface area contributed by atoms with Gasteiger partial charge < -0.3 is 9.67 Å². The van der Waals surface area contributed by atoms with E-state index in [-0.39, 0.29) is 5.82 Å². The van der Waals surface area contributed by atoms with Crippen LogP contribution >= 0.6 is 11.3 Å². The first kappa shape index (κ1) is 11.9. The molecule has 5 heteroatoms. The van der Waals surface area contributed by atoms with Crippen molar-refractivity contribution in [3.05, 3.63) is 58.2 Å². The molecule has 19 heavy (non-hydrogen) atoms. The van der Waals surface area contributed by atoms with E-state index in [1.54, 1.807) is 12.1 Å².